The van der Waals surface area contributed by atoms with Crippen LogP contribution in [-0.2, 0) is 13.1 Å². The van der Waals surface area contributed by atoms with E-state index in [9.17, 15) is 0 Å². The predicted octanol–water partition coefficient (Wildman–Crippen LogP) is 3.71. The van der Waals surface area contributed by atoms with Crippen molar-refractivity contribution in [1.29, 1.82) is 0 Å². The Kier molecular flexibility index (Phi) is 5.61. The molecule has 2 nitrogen and oxygen atoms in total. The van der Waals surface area contributed by atoms with Crippen LogP contribution in [0.4, 0.5) is 0 Å². The van der Waals surface area contributed by atoms with Crippen LogP contribution in [0.2, 0.25) is 0 Å². The molecule has 1 aromatic rings. The summed E-state index contributed by atoms with van der Waals surface area (Å²) in [5.41, 5.74) is 1.51. The molecule has 1 aromatic heterocycles. The highest BCUT2D eigenvalue weighted by atomic mass is 32.1. The predicted molar refractivity (Wildman–Crippen MR) is 84.7 cm³/mol. The van der Waals surface area contributed by atoms with E-state index < -0.39 is 0 Å². The number of hydrogen-bond acceptors (Lipinski definition) is 3. The topological polar surface area (TPSA) is 15.3 Å². The fourth-order valence-corrected chi connectivity index (χ4v) is 3.41. The molecule has 1 fully saturated rings. The van der Waals surface area contributed by atoms with Gasteiger partial charge in [0.25, 0.3) is 0 Å². The summed E-state index contributed by atoms with van der Waals surface area (Å²) in [5.74, 6) is 0. The van der Waals surface area contributed by atoms with Crippen molar-refractivity contribution >= 4 is 11.3 Å². The van der Waals surface area contributed by atoms with Crippen LogP contribution in [0.15, 0.2) is 18.7 Å². The first kappa shape index (κ1) is 14.8. The van der Waals surface area contributed by atoms with E-state index in [0.29, 0.717) is 0 Å². The van der Waals surface area contributed by atoms with E-state index in [2.05, 4.69) is 36.7 Å². The molecule has 0 amide bonds. The van der Waals surface area contributed by atoms with Crippen molar-refractivity contribution in [1.82, 2.24) is 10.2 Å². The molecule has 0 saturated heterocycles. The Morgan fingerprint density at radius 2 is 2.32 bits per heavy atom. The summed E-state index contributed by atoms with van der Waals surface area (Å²) in [4.78, 5) is 5.50. The number of thiophene rings is 1. The van der Waals surface area contributed by atoms with Gasteiger partial charge in [-0.1, -0.05) is 13.0 Å². The van der Waals surface area contributed by atoms with E-state index in [0.717, 1.165) is 32.2 Å². The molecule has 0 bridgehead atoms. The smallest absolute Gasteiger partial charge is 0.0299 e. The van der Waals surface area contributed by atoms with Crippen molar-refractivity contribution in [3.63, 3.8) is 0 Å². The Labute approximate surface area is 121 Å². The molecule has 1 N–H and O–H groups in total. The summed E-state index contributed by atoms with van der Waals surface area (Å²) >= 11 is 1.94. The molecule has 2 rings (SSSR count). The fourth-order valence-electron chi connectivity index (χ4n) is 2.39. The second-order valence-electron chi connectivity index (χ2n) is 5.42. The van der Waals surface area contributed by atoms with Gasteiger partial charge in [-0.2, -0.15) is 0 Å². The van der Waals surface area contributed by atoms with Crippen molar-refractivity contribution in [3.05, 3.63) is 34.0 Å². The summed E-state index contributed by atoms with van der Waals surface area (Å²) in [6.45, 7) is 12.6. The van der Waals surface area contributed by atoms with Gasteiger partial charge >= 0.3 is 0 Å². The molecule has 0 spiro atoms. The van der Waals surface area contributed by atoms with Gasteiger partial charge in [-0.25, -0.2) is 0 Å². The highest BCUT2D eigenvalue weighted by molar-refractivity contribution is 7.12. The molecule has 0 unspecified atom stereocenters. The molecule has 0 atom stereocenters. The summed E-state index contributed by atoms with van der Waals surface area (Å²) in [7, 11) is 0. The summed E-state index contributed by atoms with van der Waals surface area (Å²) < 4.78 is 0. The van der Waals surface area contributed by atoms with Gasteiger partial charge < -0.3 is 5.32 Å². The number of rotatable bonds is 9. The molecule has 1 saturated carbocycles. The Hall–Kier alpha value is -0.640. The first-order valence-electron chi connectivity index (χ1n) is 7.38. The SMILES string of the molecule is C=CCN(Cc1cc(CNCCC)sc1C)C1CC1. The first-order chi connectivity index (χ1) is 9.24. The van der Waals surface area contributed by atoms with E-state index in [4.69, 9.17) is 0 Å². The lowest BCUT2D eigenvalue weighted by Gasteiger charge is -2.19. The quantitative estimate of drug-likeness (QED) is 0.547. The molecule has 1 heterocycles. The average molecular weight is 278 g/mol. The number of nitrogens with zero attached hydrogens (tertiary/aromatic N) is 1. The third-order valence-corrected chi connectivity index (χ3v) is 4.69. The highest BCUT2D eigenvalue weighted by Gasteiger charge is 2.28. The van der Waals surface area contributed by atoms with Crippen molar-refractivity contribution in [2.75, 3.05) is 13.1 Å². The standard InChI is InChI=1S/C16H26N2S/c1-4-8-17-11-16-10-14(13(3)19-16)12-18(9-5-2)15-6-7-15/h5,10,15,17H,2,4,6-9,11-12H2,1,3H3. The third kappa shape index (κ3) is 4.44. The molecule has 106 valence electrons. The summed E-state index contributed by atoms with van der Waals surface area (Å²) in [6, 6.07) is 3.19. The maximum absolute atomic E-state index is 3.88. The molecular formula is C16H26N2S. The van der Waals surface area contributed by atoms with Crippen LogP contribution in [0, 0.1) is 6.92 Å². The van der Waals surface area contributed by atoms with Crippen LogP contribution < -0.4 is 5.32 Å². The lowest BCUT2D eigenvalue weighted by atomic mass is 10.2. The van der Waals surface area contributed by atoms with E-state index in [1.807, 2.05) is 17.4 Å². The fraction of sp³-hybridized carbons (Fsp3) is 0.625. The van der Waals surface area contributed by atoms with Crippen LogP contribution >= 0.6 is 11.3 Å². The van der Waals surface area contributed by atoms with E-state index >= 15 is 0 Å². The van der Waals surface area contributed by atoms with Gasteiger partial charge in [0.05, 0.1) is 0 Å². The Balaban J connectivity index is 1.93. The minimum absolute atomic E-state index is 0.805. The second kappa shape index (κ2) is 7.22. The maximum atomic E-state index is 3.88. The van der Waals surface area contributed by atoms with Crippen molar-refractivity contribution < 1.29 is 0 Å². The van der Waals surface area contributed by atoms with Crippen molar-refractivity contribution in [2.24, 2.45) is 0 Å². The Bertz CT molecular complexity index is 407. The molecule has 1 aliphatic rings. The van der Waals surface area contributed by atoms with Gasteiger partial charge in [0.1, 0.15) is 0 Å². The molecule has 1 aliphatic carbocycles. The second-order valence-corrected chi connectivity index (χ2v) is 6.76. The number of aryl methyl sites for hydroxylation is 1. The molecule has 0 radical (unpaired) electrons. The average Bonchev–Trinajstić information content (AvgIpc) is 3.16. The lowest BCUT2D eigenvalue weighted by molar-refractivity contribution is 0.283. The summed E-state index contributed by atoms with van der Waals surface area (Å²) in [5, 5.41) is 3.49. The molecule has 0 aromatic carbocycles. The number of nitrogens with one attached hydrogen (secondary N) is 1. The molecule has 19 heavy (non-hydrogen) atoms. The van der Waals surface area contributed by atoms with Crippen molar-refractivity contribution in [3.8, 4) is 0 Å². The largest absolute Gasteiger partial charge is 0.312 e. The van der Waals surface area contributed by atoms with E-state index in [-0.39, 0.29) is 0 Å². The zero-order valence-corrected chi connectivity index (χ0v) is 13.1. The zero-order valence-electron chi connectivity index (χ0n) is 12.2. The Morgan fingerprint density at radius 3 is 2.95 bits per heavy atom. The monoisotopic (exact) mass is 278 g/mol. The zero-order chi connectivity index (χ0) is 13.7. The maximum Gasteiger partial charge on any atom is 0.0299 e. The van der Waals surface area contributed by atoms with Crippen LogP contribution in [0.5, 0.6) is 0 Å². The third-order valence-electron chi connectivity index (χ3n) is 3.60. The number of hydrogen-bond donors (Lipinski definition) is 1. The normalized spacial score (nSPS) is 15.1. The molecular weight excluding hydrogens is 252 g/mol. The van der Waals surface area contributed by atoms with Gasteiger partial charge in [-0.15, -0.1) is 17.9 Å². The van der Waals surface area contributed by atoms with Gasteiger partial charge in [-0.05, 0) is 44.4 Å². The lowest BCUT2D eigenvalue weighted by Crippen LogP contribution is -2.25. The van der Waals surface area contributed by atoms with Gasteiger partial charge in [0, 0.05) is 35.4 Å². The van der Waals surface area contributed by atoms with Gasteiger partial charge in [0.2, 0.25) is 0 Å². The van der Waals surface area contributed by atoms with Crippen LogP contribution in [0.3, 0.4) is 0 Å². The summed E-state index contributed by atoms with van der Waals surface area (Å²) in [6.07, 6.45) is 5.96. The Morgan fingerprint density at radius 1 is 1.53 bits per heavy atom. The minimum Gasteiger partial charge on any atom is -0.312 e. The van der Waals surface area contributed by atoms with Gasteiger partial charge in [0.15, 0.2) is 0 Å². The van der Waals surface area contributed by atoms with Crippen LogP contribution in [0.1, 0.15) is 41.5 Å². The van der Waals surface area contributed by atoms with Crippen molar-refractivity contribution in [2.45, 2.75) is 52.2 Å². The highest BCUT2D eigenvalue weighted by Crippen LogP contribution is 2.30. The van der Waals surface area contributed by atoms with E-state index in [1.54, 1.807) is 0 Å². The van der Waals surface area contributed by atoms with E-state index in [1.165, 1.54) is 34.6 Å². The van der Waals surface area contributed by atoms with Gasteiger partial charge in [-0.3, -0.25) is 4.90 Å². The van der Waals surface area contributed by atoms with Crippen LogP contribution in [0.25, 0.3) is 0 Å². The van der Waals surface area contributed by atoms with Crippen LogP contribution in [-0.4, -0.2) is 24.0 Å². The molecule has 3 heteroatoms. The first-order valence-corrected chi connectivity index (χ1v) is 8.20. The molecule has 0 aliphatic heterocycles. The minimum atomic E-state index is 0.805.